The standard InChI is InChI=1S/C36H32F2N6O6/c1-20-7-8-22(15-39-20)9-10-23-13-26(43-11-12-48-36(21(43)2)18-47-19-36)34(40-16-23)49-24-14-27(35(45)46)44(17-24)33-30-29(41-32(42-33)31(37)38)25-5-3-4-6-28(25)50-30/h3-8,13,15-16,21,24,27,31H,11-12,14,17-19H2,1-2H3,(H,45,46)/t21-,24-,27-/m0/s1. The maximum atomic E-state index is 14.1. The number of aryl methyl sites for hydroxylation is 1. The Labute approximate surface area is 285 Å². The fourth-order valence-electron chi connectivity index (χ4n) is 6.79. The maximum Gasteiger partial charge on any atom is 0.326 e. The Balaban J connectivity index is 1.15. The van der Waals surface area contributed by atoms with E-state index in [1.54, 1.807) is 36.7 Å². The summed E-state index contributed by atoms with van der Waals surface area (Å²) >= 11 is 0. The zero-order valence-corrected chi connectivity index (χ0v) is 27.2. The molecule has 5 aromatic rings. The lowest BCUT2D eigenvalue weighted by atomic mass is 9.90. The number of aromatic nitrogens is 4. The summed E-state index contributed by atoms with van der Waals surface area (Å²) in [6, 6.07) is 11.4. The number of carboxylic acid groups (broad SMARTS) is 1. The van der Waals surface area contributed by atoms with Gasteiger partial charge in [0.15, 0.2) is 17.2 Å². The van der Waals surface area contributed by atoms with E-state index in [0.717, 1.165) is 11.3 Å². The van der Waals surface area contributed by atoms with Gasteiger partial charge >= 0.3 is 5.97 Å². The molecule has 0 radical (unpaired) electrons. The molecular formula is C36H32F2N6O6. The fraction of sp³-hybridized carbons (Fsp3) is 0.361. The minimum absolute atomic E-state index is 0.0162. The Kier molecular flexibility index (Phi) is 7.96. The molecule has 4 aromatic heterocycles. The number of pyridine rings is 2. The lowest BCUT2D eigenvalue weighted by molar-refractivity contribution is -0.228. The number of aliphatic carboxylic acids is 1. The third-order valence-electron chi connectivity index (χ3n) is 9.56. The number of alkyl halides is 2. The van der Waals surface area contributed by atoms with E-state index in [-0.39, 0.29) is 41.8 Å². The van der Waals surface area contributed by atoms with Gasteiger partial charge in [-0.2, -0.15) is 0 Å². The Morgan fingerprint density at radius 3 is 2.62 bits per heavy atom. The number of carboxylic acids is 1. The molecule has 1 spiro atoms. The van der Waals surface area contributed by atoms with Gasteiger partial charge in [-0.15, -0.1) is 0 Å². The van der Waals surface area contributed by atoms with Crippen molar-refractivity contribution in [2.24, 2.45) is 0 Å². The van der Waals surface area contributed by atoms with Crippen molar-refractivity contribution < 1.29 is 37.3 Å². The Morgan fingerprint density at radius 1 is 1.08 bits per heavy atom. The number of benzene rings is 1. The molecule has 0 bridgehead atoms. The summed E-state index contributed by atoms with van der Waals surface area (Å²) in [5.74, 6) is 4.70. The van der Waals surface area contributed by atoms with E-state index in [1.807, 2.05) is 25.1 Å². The predicted molar refractivity (Wildman–Crippen MR) is 178 cm³/mol. The van der Waals surface area contributed by atoms with Crippen LogP contribution in [0.4, 0.5) is 20.3 Å². The first-order valence-corrected chi connectivity index (χ1v) is 16.3. The molecule has 1 N–H and O–H groups in total. The molecule has 3 saturated heterocycles. The zero-order valence-electron chi connectivity index (χ0n) is 27.2. The summed E-state index contributed by atoms with van der Waals surface area (Å²) < 4.78 is 52.4. The van der Waals surface area contributed by atoms with Gasteiger partial charge in [0, 0.05) is 47.6 Å². The molecule has 3 aliphatic heterocycles. The van der Waals surface area contributed by atoms with Gasteiger partial charge in [0.1, 0.15) is 34.5 Å². The third kappa shape index (κ3) is 5.62. The molecule has 1 aromatic carbocycles. The van der Waals surface area contributed by atoms with Crippen molar-refractivity contribution in [3.63, 3.8) is 0 Å². The summed E-state index contributed by atoms with van der Waals surface area (Å²) in [7, 11) is 0. The van der Waals surface area contributed by atoms with Crippen LogP contribution in [0.2, 0.25) is 0 Å². The first-order chi connectivity index (χ1) is 24.2. The number of para-hydroxylation sites is 1. The number of ether oxygens (including phenoxy) is 3. The van der Waals surface area contributed by atoms with Crippen LogP contribution >= 0.6 is 0 Å². The minimum Gasteiger partial charge on any atom is -0.480 e. The SMILES string of the molecule is Cc1ccc(C#Cc2cnc(O[C@H]3C[C@@H](C(=O)O)N(c4nc(C(F)F)nc5c4oc4ccccc45)C3)c(N3CCOC4(COC4)[C@@H]3C)c2)cn1. The van der Waals surface area contributed by atoms with Gasteiger partial charge in [0.05, 0.1) is 32.4 Å². The van der Waals surface area contributed by atoms with E-state index in [9.17, 15) is 18.7 Å². The number of fused-ring (bicyclic) bond motifs is 3. The number of carbonyl (C=O) groups is 1. The molecule has 0 amide bonds. The number of morpholine rings is 1. The van der Waals surface area contributed by atoms with Crippen molar-refractivity contribution in [1.82, 2.24) is 19.9 Å². The summed E-state index contributed by atoms with van der Waals surface area (Å²) in [6.07, 6.45) is -0.325. The molecule has 12 nitrogen and oxygen atoms in total. The molecule has 3 fully saturated rings. The quantitative estimate of drug-likeness (QED) is 0.244. The number of hydrogen-bond donors (Lipinski definition) is 1. The van der Waals surface area contributed by atoms with Crippen LogP contribution in [0.15, 0.2) is 59.3 Å². The summed E-state index contributed by atoms with van der Waals surface area (Å²) in [4.78, 5) is 33.5. The first kappa shape index (κ1) is 31.9. The molecule has 256 valence electrons. The molecular weight excluding hydrogens is 650 g/mol. The van der Waals surface area contributed by atoms with Gasteiger partial charge in [-0.3, -0.25) is 4.98 Å². The van der Waals surface area contributed by atoms with Crippen LogP contribution in [0.5, 0.6) is 5.88 Å². The summed E-state index contributed by atoms with van der Waals surface area (Å²) in [5.41, 5.74) is 3.23. The largest absolute Gasteiger partial charge is 0.480 e. The first-order valence-electron chi connectivity index (χ1n) is 16.3. The average molecular weight is 683 g/mol. The lowest BCUT2D eigenvalue weighted by Gasteiger charge is -2.53. The Morgan fingerprint density at radius 2 is 1.88 bits per heavy atom. The average Bonchev–Trinajstić information content (AvgIpc) is 3.69. The minimum atomic E-state index is -2.99. The highest BCUT2D eigenvalue weighted by molar-refractivity contribution is 6.06. The highest BCUT2D eigenvalue weighted by Crippen LogP contribution is 2.41. The number of furan rings is 1. The molecule has 3 aliphatic rings. The molecule has 0 unspecified atom stereocenters. The van der Waals surface area contributed by atoms with Crippen molar-refractivity contribution in [3.8, 4) is 17.7 Å². The van der Waals surface area contributed by atoms with E-state index in [1.165, 1.54) is 4.90 Å². The normalized spacial score (nSPS) is 21.4. The van der Waals surface area contributed by atoms with E-state index in [2.05, 4.69) is 38.6 Å². The Bertz CT molecular complexity index is 2160. The fourth-order valence-corrected chi connectivity index (χ4v) is 6.79. The van der Waals surface area contributed by atoms with Crippen LogP contribution in [0, 0.1) is 18.8 Å². The second-order valence-corrected chi connectivity index (χ2v) is 12.7. The van der Waals surface area contributed by atoms with Gasteiger partial charge in [-0.25, -0.2) is 28.5 Å². The molecule has 0 saturated carbocycles. The monoisotopic (exact) mass is 682 g/mol. The zero-order chi connectivity index (χ0) is 34.6. The van der Waals surface area contributed by atoms with Gasteiger partial charge in [-0.05, 0) is 44.2 Å². The van der Waals surface area contributed by atoms with Crippen molar-refractivity contribution in [2.75, 3.05) is 42.7 Å². The van der Waals surface area contributed by atoms with Crippen LogP contribution in [-0.2, 0) is 14.3 Å². The van der Waals surface area contributed by atoms with Crippen molar-refractivity contribution >= 4 is 39.5 Å². The summed E-state index contributed by atoms with van der Waals surface area (Å²) in [6.45, 7) is 5.92. The van der Waals surface area contributed by atoms with E-state index in [4.69, 9.17) is 23.6 Å². The van der Waals surface area contributed by atoms with E-state index >= 15 is 0 Å². The number of rotatable bonds is 6. The second-order valence-electron chi connectivity index (χ2n) is 12.7. The van der Waals surface area contributed by atoms with Crippen LogP contribution in [-0.4, -0.2) is 87.7 Å². The summed E-state index contributed by atoms with van der Waals surface area (Å²) in [5, 5.41) is 10.8. The molecule has 7 heterocycles. The molecule has 50 heavy (non-hydrogen) atoms. The number of anilines is 2. The van der Waals surface area contributed by atoms with E-state index < -0.39 is 36.0 Å². The van der Waals surface area contributed by atoms with Crippen molar-refractivity contribution in [1.29, 1.82) is 0 Å². The Hall–Kier alpha value is -5.39. The topological polar surface area (TPSA) is 136 Å². The third-order valence-corrected chi connectivity index (χ3v) is 9.56. The van der Waals surface area contributed by atoms with Crippen LogP contribution < -0.4 is 14.5 Å². The van der Waals surface area contributed by atoms with Gasteiger partial charge in [0.2, 0.25) is 5.88 Å². The highest BCUT2D eigenvalue weighted by atomic mass is 19.3. The van der Waals surface area contributed by atoms with E-state index in [0.29, 0.717) is 48.6 Å². The molecule has 0 aliphatic carbocycles. The van der Waals surface area contributed by atoms with Crippen LogP contribution in [0.3, 0.4) is 0 Å². The van der Waals surface area contributed by atoms with Gasteiger partial charge < -0.3 is 33.5 Å². The lowest BCUT2D eigenvalue weighted by Crippen LogP contribution is -2.68. The van der Waals surface area contributed by atoms with Crippen LogP contribution in [0.1, 0.15) is 42.4 Å². The van der Waals surface area contributed by atoms with Crippen molar-refractivity contribution in [3.05, 3.63) is 77.5 Å². The molecule has 14 heteroatoms. The predicted octanol–water partition coefficient (Wildman–Crippen LogP) is 4.92. The maximum absolute atomic E-state index is 14.1. The number of halogens is 2. The number of hydrogen-bond acceptors (Lipinski definition) is 11. The molecule has 3 atom stereocenters. The van der Waals surface area contributed by atoms with Gasteiger partial charge in [0.25, 0.3) is 6.43 Å². The molecule has 8 rings (SSSR count). The van der Waals surface area contributed by atoms with Crippen LogP contribution in [0.25, 0.3) is 22.1 Å². The second kappa shape index (κ2) is 12.5. The smallest absolute Gasteiger partial charge is 0.326 e. The van der Waals surface area contributed by atoms with Crippen molar-refractivity contribution in [2.45, 2.75) is 50.5 Å². The highest BCUT2D eigenvalue weighted by Gasteiger charge is 2.50. The van der Waals surface area contributed by atoms with Gasteiger partial charge in [-0.1, -0.05) is 24.0 Å². The number of nitrogens with zero attached hydrogens (tertiary/aromatic N) is 6.